The highest BCUT2D eigenvalue weighted by molar-refractivity contribution is 7.11. The fraction of sp³-hybridized carbons (Fsp3) is 0.333. The zero-order valence-corrected chi connectivity index (χ0v) is 12.1. The third-order valence-corrected chi connectivity index (χ3v) is 3.65. The van der Waals surface area contributed by atoms with Gasteiger partial charge in [0.25, 0.3) is 0 Å². The highest BCUT2D eigenvalue weighted by Gasteiger charge is 2.05. The van der Waals surface area contributed by atoms with Gasteiger partial charge >= 0.3 is 0 Å². The van der Waals surface area contributed by atoms with Gasteiger partial charge in [-0.05, 0) is 38.2 Å². The SMILES string of the molecule is CCOc1ccccc1OCc1ccc(CNC)s1. The lowest BCUT2D eigenvalue weighted by atomic mass is 10.3. The fourth-order valence-corrected chi connectivity index (χ4v) is 2.71. The van der Waals surface area contributed by atoms with Crippen LogP contribution in [0.5, 0.6) is 11.5 Å². The molecule has 1 N–H and O–H groups in total. The molecule has 4 heteroatoms. The van der Waals surface area contributed by atoms with Crippen LogP contribution < -0.4 is 14.8 Å². The molecule has 0 aliphatic heterocycles. The lowest BCUT2D eigenvalue weighted by molar-refractivity contribution is 0.271. The first-order valence-electron chi connectivity index (χ1n) is 6.40. The summed E-state index contributed by atoms with van der Waals surface area (Å²) in [6.07, 6.45) is 0. The number of benzene rings is 1. The Labute approximate surface area is 118 Å². The summed E-state index contributed by atoms with van der Waals surface area (Å²) in [5, 5.41) is 3.15. The van der Waals surface area contributed by atoms with E-state index in [4.69, 9.17) is 9.47 Å². The van der Waals surface area contributed by atoms with E-state index in [1.807, 2.05) is 38.2 Å². The molecule has 0 aliphatic rings. The zero-order valence-electron chi connectivity index (χ0n) is 11.3. The molecule has 0 amide bonds. The van der Waals surface area contributed by atoms with E-state index in [0.29, 0.717) is 13.2 Å². The Balaban J connectivity index is 1.97. The maximum Gasteiger partial charge on any atom is 0.161 e. The first kappa shape index (κ1) is 13.9. The quantitative estimate of drug-likeness (QED) is 0.841. The molecule has 2 rings (SSSR count). The molecule has 19 heavy (non-hydrogen) atoms. The molecule has 0 saturated carbocycles. The molecule has 102 valence electrons. The molecule has 1 aromatic carbocycles. The van der Waals surface area contributed by atoms with Crippen molar-refractivity contribution in [3.8, 4) is 11.5 Å². The Kier molecular flexibility index (Phi) is 5.24. The maximum atomic E-state index is 5.83. The molecular weight excluding hydrogens is 258 g/mol. The monoisotopic (exact) mass is 277 g/mol. The largest absolute Gasteiger partial charge is 0.490 e. The van der Waals surface area contributed by atoms with E-state index in [2.05, 4.69) is 17.4 Å². The normalized spacial score (nSPS) is 10.4. The van der Waals surface area contributed by atoms with Crippen LogP contribution in [-0.4, -0.2) is 13.7 Å². The van der Waals surface area contributed by atoms with E-state index in [0.717, 1.165) is 18.0 Å². The van der Waals surface area contributed by atoms with Crippen molar-refractivity contribution in [2.45, 2.75) is 20.1 Å². The van der Waals surface area contributed by atoms with Gasteiger partial charge in [-0.1, -0.05) is 12.1 Å². The van der Waals surface area contributed by atoms with Crippen LogP contribution in [0.4, 0.5) is 0 Å². The molecule has 0 radical (unpaired) electrons. The van der Waals surface area contributed by atoms with E-state index in [9.17, 15) is 0 Å². The molecule has 0 saturated heterocycles. The van der Waals surface area contributed by atoms with Crippen molar-refractivity contribution in [2.75, 3.05) is 13.7 Å². The molecule has 0 unspecified atom stereocenters. The van der Waals surface area contributed by atoms with E-state index >= 15 is 0 Å². The zero-order chi connectivity index (χ0) is 13.5. The van der Waals surface area contributed by atoms with Crippen LogP contribution in [0.25, 0.3) is 0 Å². The maximum absolute atomic E-state index is 5.83. The number of hydrogen-bond acceptors (Lipinski definition) is 4. The van der Waals surface area contributed by atoms with Gasteiger partial charge in [-0.15, -0.1) is 11.3 Å². The van der Waals surface area contributed by atoms with Crippen LogP contribution in [0.2, 0.25) is 0 Å². The van der Waals surface area contributed by atoms with Crippen LogP contribution >= 0.6 is 11.3 Å². The summed E-state index contributed by atoms with van der Waals surface area (Å²) in [5.74, 6) is 1.60. The molecular formula is C15H19NO2S. The topological polar surface area (TPSA) is 30.5 Å². The number of thiophene rings is 1. The molecule has 1 aromatic heterocycles. The molecule has 1 heterocycles. The van der Waals surface area contributed by atoms with E-state index in [1.54, 1.807) is 11.3 Å². The number of ether oxygens (including phenoxy) is 2. The summed E-state index contributed by atoms with van der Waals surface area (Å²) in [4.78, 5) is 2.54. The van der Waals surface area contributed by atoms with Gasteiger partial charge in [0.05, 0.1) is 6.61 Å². The number of hydrogen-bond donors (Lipinski definition) is 1. The van der Waals surface area contributed by atoms with Crippen molar-refractivity contribution in [1.82, 2.24) is 5.32 Å². The highest BCUT2D eigenvalue weighted by Crippen LogP contribution is 2.28. The second-order valence-corrected chi connectivity index (χ2v) is 5.32. The summed E-state index contributed by atoms with van der Waals surface area (Å²) >= 11 is 1.77. The Morgan fingerprint density at radius 1 is 1.00 bits per heavy atom. The van der Waals surface area contributed by atoms with Gasteiger partial charge in [-0.2, -0.15) is 0 Å². The predicted molar refractivity (Wildman–Crippen MR) is 79.0 cm³/mol. The third-order valence-electron chi connectivity index (χ3n) is 2.59. The first-order chi connectivity index (χ1) is 9.33. The average Bonchev–Trinajstić information content (AvgIpc) is 2.86. The van der Waals surface area contributed by atoms with Gasteiger partial charge in [-0.25, -0.2) is 0 Å². The van der Waals surface area contributed by atoms with Crippen molar-refractivity contribution in [3.05, 3.63) is 46.2 Å². The predicted octanol–water partition coefficient (Wildman–Crippen LogP) is 3.45. The van der Waals surface area contributed by atoms with Crippen LogP contribution in [0, 0.1) is 0 Å². The highest BCUT2D eigenvalue weighted by atomic mass is 32.1. The van der Waals surface area contributed by atoms with Crippen LogP contribution in [0.15, 0.2) is 36.4 Å². The van der Waals surface area contributed by atoms with Crippen molar-refractivity contribution in [3.63, 3.8) is 0 Å². The molecule has 0 bridgehead atoms. The second-order valence-electron chi connectivity index (χ2n) is 4.07. The Morgan fingerprint density at radius 2 is 1.68 bits per heavy atom. The smallest absolute Gasteiger partial charge is 0.161 e. The van der Waals surface area contributed by atoms with Crippen molar-refractivity contribution in [1.29, 1.82) is 0 Å². The summed E-state index contributed by atoms with van der Waals surface area (Å²) in [6.45, 7) is 4.10. The number of rotatable bonds is 7. The van der Waals surface area contributed by atoms with Crippen molar-refractivity contribution >= 4 is 11.3 Å². The summed E-state index contributed by atoms with van der Waals surface area (Å²) in [5.41, 5.74) is 0. The minimum Gasteiger partial charge on any atom is -0.490 e. The van der Waals surface area contributed by atoms with Crippen molar-refractivity contribution < 1.29 is 9.47 Å². The van der Waals surface area contributed by atoms with Gasteiger partial charge in [0, 0.05) is 16.3 Å². The Hall–Kier alpha value is -1.52. The van der Waals surface area contributed by atoms with Gasteiger partial charge < -0.3 is 14.8 Å². The summed E-state index contributed by atoms with van der Waals surface area (Å²) in [7, 11) is 1.95. The minimum atomic E-state index is 0.582. The van der Waals surface area contributed by atoms with Crippen LogP contribution in [0.3, 0.4) is 0 Å². The van der Waals surface area contributed by atoms with Gasteiger partial charge in [0.2, 0.25) is 0 Å². The van der Waals surface area contributed by atoms with Crippen LogP contribution in [-0.2, 0) is 13.2 Å². The Bertz CT molecular complexity index is 510. The lowest BCUT2D eigenvalue weighted by Gasteiger charge is -2.10. The molecule has 0 aliphatic carbocycles. The summed E-state index contributed by atoms with van der Waals surface area (Å²) < 4.78 is 11.4. The molecule has 0 spiro atoms. The van der Waals surface area contributed by atoms with Gasteiger partial charge in [0.1, 0.15) is 6.61 Å². The van der Waals surface area contributed by atoms with Gasteiger partial charge in [0.15, 0.2) is 11.5 Å². The summed E-state index contributed by atoms with van der Waals surface area (Å²) in [6, 6.07) is 12.0. The number of para-hydroxylation sites is 2. The average molecular weight is 277 g/mol. The van der Waals surface area contributed by atoms with Gasteiger partial charge in [-0.3, -0.25) is 0 Å². The van der Waals surface area contributed by atoms with Crippen molar-refractivity contribution in [2.24, 2.45) is 0 Å². The molecule has 3 nitrogen and oxygen atoms in total. The molecule has 0 atom stereocenters. The fourth-order valence-electron chi connectivity index (χ4n) is 1.76. The molecule has 0 fully saturated rings. The second kappa shape index (κ2) is 7.16. The third kappa shape index (κ3) is 3.98. The lowest BCUT2D eigenvalue weighted by Crippen LogP contribution is -2.02. The minimum absolute atomic E-state index is 0.582. The Morgan fingerprint density at radius 3 is 2.37 bits per heavy atom. The molecule has 2 aromatic rings. The van der Waals surface area contributed by atoms with E-state index < -0.39 is 0 Å². The standard InChI is InChI=1S/C15H19NO2S/c1-3-17-14-6-4-5-7-15(14)18-11-13-9-8-12(19-13)10-16-2/h4-9,16H,3,10-11H2,1-2H3. The first-order valence-corrected chi connectivity index (χ1v) is 7.22. The van der Waals surface area contributed by atoms with E-state index in [1.165, 1.54) is 9.75 Å². The van der Waals surface area contributed by atoms with E-state index in [-0.39, 0.29) is 0 Å². The van der Waals surface area contributed by atoms with Crippen LogP contribution in [0.1, 0.15) is 16.7 Å². The number of nitrogens with one attached hydrogen (secondary N) is 1.